The first-order chi connectivity index (χ1) is 17.0. The van der Waals surface area contributed by atoms with E-state index in [4.69, 9.17) is 8.83 Å². The maximum Gasteiger partial charge on any atom is 0.0950 e. The molecule has 2 aromatic rings. The molecule has 0 unspecified atom stereocenters. The summed E-state index contributed by atoms with van der Waals surface area (Å²) in [4.78, 5) is 5.81. The number of nitrogens with zero attached hydrogens (tertiary/aromatic N) is 2. The molecule has 0 bridgehead atoms. The van der Waals surface area contributed by atoms with Gasteiger partial charge in [0.05, 0.1) is 25.1 Å². The number of rotatable bonds is 2. The summed E-state index contributed by atoms with van der Waals surface area (Å²) in [6.07, 6.45) is 20.0. The van der Waals surface area contributed by atoms with E-state index in [-0.39, 0.29) is 0 Å². The number of piperidine rings is 4. The van der Waals surface area contributed by atoms with Crippen LogP contribution in [0.4, 0.5) is 0 Å². The van der Waals surface area contributed by atoms with E-state index in [0.29, 0.717) is 22.2 Å². The number of hydrogen-bond donors (Lipinski definition) is 0. The smallest absolute Gasteiger partial charge is 0.0950 e. The van der Waals surface area contributed by atoms with Crippen LogP contribution in [0.25, 0.3) is 0 Å². The summed E-state index contributed by atoms with van der Waals surface area (Å²) in [5.41, 5.74) is 3.35. The Morgan fingerprint density at radius 3 is 2.20 bits per heavy atom. The second kappa shape index (κ2) is 8.70. The van der Waals surface area contributed by atoms with Gasteiger partial charge in [-0.15, -0.1) is 0 Å². The van der Waals surface area contributed by atoms with Crippen LogP contribution in [0, 0.1) is 17.3 Å². The molecular weight excluding hydrogens is 452 g/mol. The van der Waals surface area contributed by atoms with Gasteiger partial charge in [-0.2, -0.15) is 11.8 Å². The molecule has 5 aliphatic rings. The average Bonchev–Trinajstić information content (AvgIpc) is 3.63. The molecule has 5 heteroatoms. The third kappa shape index (κ3) is 3.87. The first-order valence-corrected chi connectivity index (χ1v) is 15.2. The van der Waals surface area contributed by atoms with E-state index < -0.39 is 0 Å². The second-order valence-corrected chi connectivity index (χ2v) is 14.4. The molecule has 2 aromatic heterocycles. The highest BCUT2D eigenvalue weighted by atomic mass is 32.2. The minimum Gasteiger partial charge on any atom is -0.472 e. The van der Waals surface area contributed by atoms with Crippen molar-refractivity contribution in [1.82, 2.24) is 9.80 Å². The Hall–Kier alpha value is -1.17. The summed E-state index contributed by atoms with van der Waals surface area (Å²) >= 11 is 2.37. The van der Waals surface area contributed by atoms with Gasteiger partial charge in [-0.1, -0.05) is 13.8 Å². The number of furan rings is 2. The summed E-state index contributed by atoms with van der Waals surface area (Å²) in [6.45, 7) is 7.57. The fraction of sp³-hybridized carbons (Fsp3) is 0.733. The molecule has 5 aliphatic heterocycles. The molecule has 190 valence electrons. The molecule has 0 N–H and O–H groups in total. The Labute approximate surface area is 215 Å². The van der Waals surface area contributed by atoms with Crippen LogP contribution in [0.2, 0.25) is 0 Å². The summed E-state index contributed by atoms with van der Waals surface area (Å²) < 4.78 is 11.5. The van der Waals surface area contributed by atoms with Crippen LogP contribution in [0.3, 0.4) is 0 Å². The lowest BCUT2D eigenvalue weighted by atomic mass is 9.65. The Morgan fingerprint density at radius 2 is 1.51 bits per heavy atom. The van der Waals surface area contributed by atoms with E-state index in [1.165, 1.54) is 87.8 Å². The van der Waals surface area contributed by atoms with Gasteiger partial charge in [-0.05, 0) is 99.5 Å². The molecule has 0 amide bonds. The van der Waals surface area contributed by atoms with Crippen LogP contribution in [0.15, 0.2) is 46.0 Å². The maximum absolute atomic E-state index is 5.53. The number of fused-ring (bicyclic) bond motifs is 2. The molecule has 4 nitrogen and oxygen atoms in total. The highest BCUT2D eigenvalue weighted by molar-refractivity contribution is 8.01. The molecular formula is C30H42N2O2S. The van der Waals surface area contributed by atoms with Gasteiger partial charge in [-0.25, -0.2) is 0 Å². The molecule has 0 saturated carbocycles. The van der Waals surface area contributed by atoms with Gasteiger partial charge in [0.2, 0.25) is 0 Å². The second-order valence-electron chi connectivity index (χ2n) is 12.9. The van der Waals surface area contributed by atoms with Gasteiger partial charge < -0.3 is 8.83 Å². The Kier molecular flexibility index (Phi) is 5.71. The van der Waals surface area contributed by atoms with Gasteiger partial charge in [0.25, 0.3) is 0 Å². The molecule has 0 aliphatic carbocycles. The minimum atomic E-state index is 0.458. The van der Waals surface area contributed by atoms with Gasteiger partial charge in [-0.3, -0.25) is 9.80 Å². The standard InChI is InChI=1S/C30H42N2O2S/c1-21-3-6-27(24-9-14-34-17-24)32-19-30(10-7-25(21)32)18-29(20-35-30)11-12-31-26(23-8-13-33-16-23)5-4-22(2)28(31)15-29/h8-9,13-14,16-17,21-22,25-28H,3-7,10-12,15,18-20H2,1-2H3/t21-,22-,25+,26+,27+,28+,29+,30-/m1/s1. The predicted octanol–water partition coefficient (Wildman–Crippen LogP) is 7.31. The molecule has 8 atom stereocenters. The molecule has 5 fully saturated rings. The number of hydrogen-bond acceptors (Lipinski definition) is 5. The maximum atomic E-state index is 5.53. The third-order valence-corrected chi connectivity index (χ3v) is 12.8. The zero-order valence-electron chi connectivity index (χ0n) is 21.5. The highest BCUT2D eigenvalue weighted by Gasteiger charge is 2.56. The molecule has 0 radical (unpaired) electrons. The van der Waals surface area contributed by atoms with Crippen LogP contribution >= 0.6 is 11.8 Å². The van der Waals surface area contributed by atoms with Crippen LogP contribution in [-0.4, -0.2) is 45.5 Å². The van der Waals surface area contributed by atoms with Crippen molar-refractivity contribution in [3.63, 3.8) is 0 Å². The van der Waals surface area contributed by atoms with Crippen LogP contribution in [-0.2, 0) is 0 Å². The van der Waals surface area contributed by atoms with E-state index in [1.54, 1.807) is 0 Å². The number of thioether (sulfide) groups is 1. The fourth-order valence-corrected chi connectivity index (χ4v) is 10.9. The average molecular weight is 495 g/mol. The van der Waals surface area contributed by atoms with Crippen LogP contribution in [0.1, 0.15) is 94.8 Å². The largest absolute Gasteiger partial charge is 0.472 e. The Morgan fingerprint density at radius 1 is 0.829 bits per heavy atom. The van der Waals surface area contributed by atoms with E-state index in [1.807, 2.05) is 25.1 Å². The molecule has 0 aromatic carbocycles. The van der Waals surface area contributed by atoms with Gasteiger partial charge in [0.1, 0.15) is 0 Å². The van der Waals surface area contributed by atoms with Crippen molar-refractivity contribution < 1.29 is 8.83 Å². The monoisotopic (exact) mass is 494 g/mol. The predicted molar refractivity (Wildman–Crippen MR) is 141 cm³/mol. The molecule has 2 spiro atoms. The first-order valence-electron chi connectivity index (χ1n) is 14.2. The van der Waals surface area contributed by atoms with E-state index in [9.17, 15) is 0 Å². The molecule has 7 rings (SSSR count). The van der Waals surface area contributed by atoms with E-state index in [0.717, 1.165) is 23.9 Å². The lowest BCUT2D eigenvalue weighted by Crippen LogP contribution is -2.57. The van der Waals surface area contributed by atoms with Gasteiger partial charge in [0.15, 0.2) is 0 Å². The van der Waals surface area contributed by atoms with E-state index in [2.05, 4.69) is 47.5 Å². The summed E-state index contributed by atoms with van der Waals surface area (Å²) in [5.74, 6) is 3.01. The van der Waals surface area contributed by atoms with Gasteiger partial charge >= 0.3 is 0 Å². The zero-order chi connectivity index (χ0) is 23.6. The summed E-state index contributed by atoms with van der Waals surface area (Å²) in [6, 6.07) is 7.03. The van der Waals surface area contributed by atoms with E-state index >= 15 is 0 Å². The third-order valence-electron chi connectivity index (χ3n) is 10.9. The lowest BCUT2D eigenvalue weighted by molar-refractivity contribution is -0.0408. The van der Waals surface area contributed by atoms with Crippen molar-refractivity contribution >= 4 is 11.8 Å². The highest BCUT2D eigenvalue weighted by Crippen LogP contribution is 2.61. The van der Waals surface area contributed by atoms with Crippen molar-refractivity contribution in [2.75, 3.05) is 18.8 Å². The molecule has 35 heavy (non-hydrogen) atoms. The Bertz CT molecular complexity index is 1010. The van der Waals surface area contributed by atoms with Crippen LogP contribution < -0.4 is 0 Å². The minimum absolute atomic E-state index is 0.458. The summed E-state index contributed by atoms with van der Waals surface area (Å²) in [5, 5.41) is 0. The normalized spacial score (nSPS) is 44.5. The van der Waals surface area contributed by atoms with Crippen molar-refractivity contribution in [1.29, 1.82) is 0 Å². The first kappa shape index (κ1) is 23.0. The molecule has 7 heterocycles. The van der Waals surface area contributed by atoms with Crippen molar-refractivity contribution in [3.05, 3.63) is 48.3 Å². The van der Waals surface area contributed by atoms with Gasteiger partial charge in [0, 0.05) is 46.6 Å². The zero-order valence-corrected chi connectivity index (χ0v) is 22.3. The Balaban J connectivity index is 1.10. The topological polar surface area (TPSA) is 32.8 Å². The SMILES string of the molecule is C[C@@H]1CC[C@@H](c2ccoc2)N2CC[C@]3(CS[C@]4(CC[C@H]5[C@H](C)CC[C@@H](c6ccoc6)N5C4)C3)C[C@@H]12. The lowest BCUT2D eigenvalue weighted by Gasteiger charge is -2.55. The summed E-state index contributed by atoms with van der Waals surface area (Å²) in [7, 11) is 0. The van der Waals surface area contributed by atoms with Crippen molar-refractivity contribution in [2.24, 2.45) is 17.3 Å². The van der Waals surface area contributed by atoms with Crippen molar-refractivity contribution in [2.45, 2.75) is 101 Å². The molecule has 5 saturated heterocycles. The quantitative estimate of drug-likeness (QED) is 0.437. The van der Waals surface area contributed by atoms with Crippen molar-refractivity contribution in [3.8, 4) is 0 Å². The van der Waals surface area contributed by atoms with Crippen LogP contribution in [0.5, 0.6) is 0 Å². The fourth-order valence-electron chi connectivity index (χ4n) is 9.02.